The van der Waals surface area contributed by atoms with E-state index in [1.807, 2.05) is 37.3 Å². The molecule has 22 heavy (non-hydrogen) atoms. The van der Waals surface area contributed by atoms with Crippen molar-refractivity contribution in [1.82, 2.24) is 5.16 Å². The molecule has 0 unspecified atom stereocenters. The lowest BCUT2D eigenvalue weighted by Crippen LogP contribution is -2.11. The van der Waals surface area contributed by atoms with Gasteiger partial charge in [-0.1, -0.05) is 47.6 Å². The molecule has 0 fully saturated rings. The molecule has 2 aromatic carbocycles. The molecule has 0 amide bonds. The van der Waals surface area contributed by atoms with Crippen LogP contribution in [0.25, 0.3) is 22.4 Å². The average molecular weight is 317 g/mol. The first-order valence-corrected chi connectivity index (χ1v) is 8.16. The summed E-state index contributed by atoms with van der Waals surface area (Å²) in [5.41, 5.74) is 3.32. The first-order valence-electron chi connectivity index (χ1n) is 6.62. The molecule has 0 bridgehead atoms. The van der Waals surface area contributed by atoms with Crippen LogP contribution in [0.15, 0.2) is 64.0 Å². The summed E-state index contributed by atoms with van der Waals surface area (Å²) in [5, 5.41) is 9.23. The molecule has 5 nitrogen and oxygen atoms in total. The van der Waals surface area contributed by atoms with Crippen molar-refractivity contribution in [3.8, 4) is 22.4 Å². The lowest BCUT2D eigenvalue weighted by atomic mass is 10.0. The molecule has 1 aromatic heterocycles. The Balaban J connectivity index is 2.12. The van der Waals surface area contributed by atoms with Gasteiger partial charge in [-0.2, -0.15) is 0 Å². The maximum Gasteiger partial charge on any atom is 0.238 e. The number of primary sulfonamides is 1. The molecular weight excluding hydrogens is 303 g/mol. The third kappa shape index (κ3) is 2.66. The first kappa shape index (κ1) is 14.5. The molecule has 0 saturated carbocycles. The van der Waals surface area contributed by atoms with E-state index in [0.29, 0.717) is 5.76 Å². The molecule has 2 N–H and O–H groups in total. The zero-order valence-corrected chi connectivity index (χ0v) is 12.7. The van der Waals surface area contributed by atoms with Crippen LogP contribution in [0.1, 0.15) is 5.76 Å². The van der Waals surface area contributed by atoms with E-state index < -0.39 is 10.0 Å². The lowest BCUT2D eigenvalue weighted by molar-refractivity contribution is 0.400. The number of aryl methyl sites for hydroxylation is 1. The van der Waals surface area contributed by atoms with Crippen molar-refractivity contribution in [2.75, 3.05) is 0 Å². The van der Waals surface area contributed by atoms with Crippen molar-refractivity contribution in [3.63, 3.8) is 0 Å². The fourth-order valence-electron chi connectivity index (χ4n) is 2.32. The van der Waals surface area contributed by atoms with Gasteiger partial charge < -0.3 is 4.52 Å². The van der Waals surface area contributed by atoms with Gasteiger partial charge in [0.05, 0.1) is 10.5 Å². The van der Waals surface area contributed by atoms with E-state index >= 15 is 0 Å². The Morgan fingerprint density at radius 2 is 1.59 bits per heavy atom. The highest BCUT2D eigenvalue weighted by Crippen LogP contribution is 2.34. The summed E-state index contributed by atoms with van der Waals surface area (Å²) < 4.78 is 28.0. The predicted molar refractivity (Wildman–Crippen MR) is 83.5 cm³/mol. The number of hydrogen-bond acceptors (Lipinski definition) is 4. The van der Waals surface area contributed by atoms with Crippen molar-refractivity contribution in [2.45, 2.75) is 11.8 Å². The van der Waals surface area contributed by atoms with Crippen LogP contribution in [-0.4, -0.2) is 13.6 Å². The minimum Gasteiger partial charge on any atom is -0.360 e. The van der Waals surface area contributed by atoms with Crippen LogP contribution in [-0.2, 0) is 10.0 Å². The maximum absolute atomic E-state index is 11.3. The smallest absolute Gasteiger partial charge is 0.238 e. The van der Waals surface area contributed by atoms with Crippen LogP contribution >= 0.6 is 0 Å². The lowest BCUT2D eigenvalue weighted by Gasteiger charge is -2.04. The van der Waals surface area contributed by atoms with E-state index in [9.17, 15) is 8.42 Å². The van der Waals surface area contributed by atoms with E-state index in [1.165, 1.54) is 12.1 Å². The van der Waals surface area contributed by atoms with Crippen molar-refractivity contribution in [1.29, 1.82) is 0 Å². The zero-order chi connectivity index (χ0) is 15.7. The fourth-order valence-corrected chi connectivity index (χ4v) is 2.83. The quantitative estimate of drug-likeness (QED) is 0.752. The molecule has 0 aliphatic heterocycles. The van der Waals surface area contributed by atoms with Gasteiger partial charge >= 0.3 is 0 Å². The van der Waals surface area contributed by atoms with Gasteiger partial charge in [0, 0.05) is 5.56 Å². The molecule has 0 radical (unpaired) electrons. The number of rotatable bonds is 3. The van der Waals surface area contributed by atoms with Crippen LogP contribution in [0.4, 0.5) is 0 Å². The Kier molecular flexibility index (Phi) is 3.56. The summed E-state index contributed by atoms with van der Waals surface area (Å²) in [6.07, 6.45) is 0. The zero-order valence-electron chi connectivity index (χ0n) is 11.9. The number of nitrogens with zero attached hydrogens (tertiary/aromatic N) is 1. The number of sulfonamides is 1. The molecule has 6 heteroatoms. The Hall–Kier alpha value is -2.44. The molecule has 3 aromatic rings. The minimum atomic E-state index is -3.70. The van der Waals surface area contributed by atoms with Gasteiger partial charge in [0.1, 0.15) is 11.5 Å². The second kappa shape index (κ2) is 5.40. The fraction of sp³-hybridized carbons (Fsp3) is 0.0625. The van der Waals surface area contributed by atoms with Crippen molar-refractivity contribution in [3.05, 3.63) is 60.4 Å². The average Bonchev–Trinajstić information content (AvgIpc) is 2.89. The molecule has 0 saturated heterocycles. The van der Waals surface area contributed by atoms with Gasteiger partial charge in [-0.3, -0.25) is 0 Å². The molecule has 0 aliphatic rings. The summed E-state index contributed by atoms with van der Waals surface area (Å²) in [5.74, 6) is 0.669. The van der Waals surface area contributed by atoms with Crippen LogP contribution < -0.4 is 5.14 Å². The topological polar surface area (TPSA) is 86.2 Å². The van der Waals surface area contributed by atoms with Crippen LogP contribution in [0.3, 0.4) is 0 Å². The number of aromatic nitrogens is 1. The summed E-state index contributed by atoms with van der Waals surface area (Å²) >= 11 is 0. The number of nitrogens with two attached hydrogens (primary N) is 1. The van der Waals surface area contributed by atoms with E-state index in [2.05, 4.69) is 5.16 Å². The van der Waals surface area contributed by atoms with E-state index in [1.54, 1.807) is 12.1 Å². The molecule has 1 heterocycles. The first-order chi connectivity index (χ1) is 10.5. The molecule has 112 valence electrons. The minimum absolute atomic E-state index is 0.0756. The van der Waals surface area contributed by atoms with Gasteiger partial charge in [-0.25, -0.2) is 13.6 Å². The highest BCUT2D eigenvalue weighted by Gasteiger charge is 2.17. The van der Waals surface area contributed by atoms with Crippen molar-refractivity contribution < 1.29 is 12.9 Å². The normalized spacial score (nSPS) is 11.5. The van der Waals surface area contributed by atoms with Crippen molar-refractivity contribution in [2.24, 2.45) is 5.14 Å². The SMILES string of the molecule is [13CH3][13c]1o[15n]c(-c2ccccc2)c1-c1ccc(S(N)(=O)=O)cc1. The summed E-state index contributed by atoms with van der Waals surface area (Å²) in [4.78, 5) is 0.0756. The predicted octanol–water partition coefficient (Wildman–Crippen LogP) is 2.96. The Bertz CT molecular complexity index is 898. The van der Waals surface area contributed by atoms with Gasteiger partial charge in [0.15, 0.2) is 0 Å². The molecule has 3 rings (SSSR count). The van der Waals surface area contributed by atoms with Gasteiger partial charge in [-0.05, 0) is 24.6 Å². The second-order valence-corrected chi connectivity index (χ2v) is 6.46. The van der Waals surface area contributed by atoms with Crippen molar-refractivity contribution >= 4 is 10.0 Å². The number of benzene rings is 2. The third-order valence-electron chi connectivity index (χ3n) is 3.38. The van der Waals surface area contributed by atoms with E-state index in [-0.39, 0.29) is 4.90 Å². The van der Waals surface area contributed by atoms with Gasteiger partial charge in [0.25, 0.3) is 0 Å². The molecule has 0 spiro atoms. The third-order valence-corrected chi connectivity index (χ3v) is 4.31. The summed E-state index contributed by atoms with van der Waals surface area (Å²) in [7, 11) is -3.70. The molecule has 0 aliphatic carbocycles. The Morgan fingerprint density at radius 1 is 0.955 bits per heavy atom. The maximum atomic E-state index is 11.3. The second-order valence-electron chi connectivity index (χ2n) is 4.90. The van der Waals surface area contributed by atoms with E-state index in [0.717, 1.165) is 22.4 Å². The number of hydrogen-bond donors (Lipinski definition) is 1. The van der Waals surface area contributed by atoms with Gasteiger partial charge in [-0.15, -0.1) is 0 Å². The Morgan fingerprint density at radius 3 is 2.18 bits per heavy atom. The summed E-state index contributed by atoms with van der Waals surface area (Å²) in [6.45, 7) is 1.82. The molecule has 0 atom stereocenters. The highest BCUT2D eigenvalue weighted by molar-refractivity contribution is 7.89. The van der Waals surface area contributed by atoms with Crippen LogP contribution in [0.2, 0.25) is 0 Å². The standard InChI is InChI=1S/C16H14N2O3S/c1-11-15(12-7-9-14(10-8-12)22(17,19)20)16(18-21-11)13-5-3-2-4-6-13/h2-10H,1H3,(H2,17,19,20)/i1+1,11+1,18+1. The highest BCUT2D eigenvalue weighted by atomic mass is 32.2. The van der Waals surface area contributed by atoms with Crippen LogP contribution in [0, 0.1) is 6.92 Å². The van der Waals surface area contributed by atoms with Gasteiger partial charge in [0.2, 0.25) is 10.0 Å². The molecular formula is C16H14N2O3S. The van der Waals surface area contributed by atoms with Crippen LogP contribution in [0.5, 0.6) is 0 Å². The largest absolute Gasteiger partial charge is 0.360 e. The monoisotopic (exact) mass is 317 g/mol. The summed E-state index contributed by atoms with van der Waals surface area (Å²) in [6, 6.07) is 16.0. The van der Waals surface area contributed by atoms with E-state index in [4.69, 9.17) is 9.66 Å². The Labute approximate surface area is 128 Å².